The molecule has 0 amide bonds. The lowest BCUT2D eigenvalue weighted by Gasteiger charge is -2.08. The predicted octanol–water partition coefficient (Wildman–Crippen LogP) is 3.22. The van der Waals surface area contributed by atoms with Crippen LogP contribution in [0.15, 0.2) is 24.3 Å². The molecule has 3 rings (SSSR count). The molecule has 1 fully saturated rings. The number of halogens is 1. The summed E-state index contributed by atoms with van der Waals surface area (Å²) in [5.41, 5.74) is 1.37. The van der Waals surface area contributed by atoms with E-state index in [0.29, 0.717) is 29.0 Å². The van der Waals surface area contributed by atoms with Crippen LogP contribution < -0.4 is 4.74 Å². The Labute approximate surface area is 120 Å². The van der Waals surface area contributed by atoms with E-state index in [1.165, 1.54) is 18.9 Å². The summed E-state index contributed by atoms with van der Waals surface area (Å²) in [7, 11) is 0. The molecule has 0 spiro atoms. The van der Waals surface area contributed by atoms with Crippen LogP contribution in [0.4, 0.5) is 0 Å². The maximum Gasteiger partial charge on any atom is 0.353 e. The summed E-state index contributed by atoms with van der Waals surface area (Å²) >= 11 is 6.10. The molecule has 0 atom stereocenters. The van der Waals surface area contributed by atoms with Crippen molar-refractivity contribution in [2.45, 2.75) is 12.8 Å². The zero-order chi connectivity index (χ0) is 14.1. The summed E-state index contributed by atoms with van der Waals surface area (Å²) in [6.45, 7) is 0.671. The van der Waals surface area contributed by atoms with Crippen LogP contribution in [0, 0.1) is 5.92 Å². The van der Waals surface area contributed by atoms with E-state index in [-0.39, 0.29) is 5.69 Å². The highest BCUT2D eigenvalue weighted by molar-refractivity contribution is 6.32. The number of rotatable bonds is 5. The highest BCUT2D eigenvalue weighted by atomic mass is 35.5. The van der Waals surface area contributed by atoms with Gasteiger partial charge in [0.15, 0.2) is 0 Å². The second kappa shape index (κ2) is 5.17. The van der Waals surface area contributed by atoms with E-state index >= 15 is 0 Å². The van der Waals surface area contributed by atoms with Gasteiger partial charge in [0, 0.05) is 5.56 Å². The van der Waals surface area contributed by atoms with Crippen molar-refractivity contribution in [2.75, 3.05) is 6.61 Å². The maximum absolute atomic E-state index is 10.8. The molecule has 1 saturated carbocycles. The number of benzene rings is 1. The number of nitrogens with zero attached hydrogens (tertiary/aromatic N) is 1. The van der Waals surface area contributed by atoms with Crippen LogP contribution >= 0.6 is 11.6 Å². The molecular weight excluding hydrogens is 280 g/mol. The molecule has 0 radical (unpaired) electrons. The van der Waals surface area contributed by atoms with Crippen molar-refractivity contribution in [3.8, 4) is 17.0 Å². The van der Waals surface area contributed by atoms with Gasteiger partial charge in [-0.15, -0.1) is 0 Å². The van der Waals surface area contributed by atoms with Crippen molar-refractivity contribution in [3.63, 3.8) is 0 Å². The van der Waals surface area contributed by atoms with Crippen molar-refractivity contribution >= 4 is 17.6 Å². The molecule has 0 saturated heterocycles. The topological polar surface area (TPSA) is 75.2 Å². The predicted molar refractivity (Wildman–Crippen MR) is 74.2 cm³/mol. The van der Waals surface area contributed by atoms with Gasteiger partial charge in [0.2, 0.25) is 0 Å². The molecule has 5 nitrogen and oxygen atoms in total. The lowest BCUT2D eigenvalue weighted by molar-refractivity contribution is 0.0690. The molecule has 6 heteroatoms. The average Bonchev–Trinajstić information content (AvgIpc) is 3.12. The maximum atomic E-state index is 10.8. The van der Waals surface area contributed by atoms with Gasteiger partial charge >= 0.3 is 5.97 Å². The minimum Gasteiger partial charge on any atom is -0.492 e. The van der Waals surface area contributed by atoms with Crippen molar-refractivity contribution in [3.05, 3.63) is 35.0 Å². The smallest absolute Gasteiger partial charge is 0.353 e. The first kappa shape index (κ1) is 13.0. The Morgan fingerprint density at radius 3 is 2.90 bits per heavy atom. The number of H-pyrrole nitrogens is 1. The number of hydrogen-bond donors (Lipinski definition) is 2. The third-order valence-electron chi connectivity index (χ3n) is 3.21. The Morgan fingerprint density at radius 2 is 2.25 bits per heavy atom. The molecule has 0 aliphatic heterocycles. The first-order chi connectivity index (χ1) is 9.63. The van der Waals surface area contributed by atoms with Crippen molar-refractivity contribution in [1.29, 1.82) is 0 Å². The number of carboxylic acids is 1. The quantitative estimate of drug-likeness (QED) is 0.887. The van der Waals surface area contributed by atoms with Gasteiger partial charge in [0.25, 0.3) is 0 Å². The Kier molecular flexibility index (Phi) is 3.36. The summed E-state index contributed by atoms with van der Waals surface area (Å²) in [6, 6.07) is 6.78. The van der Waals surface area contributed by atoms with Gasteiger partial charge in [-0.2, -0.15) is 5.10 Å². The number of aromatic nitrogens is 2. The highest BCUT2D eigenvalue weighted by Crippen LogP contribution is 2.33. The summed E-state index contributed by atoms with van der Waals surface area (Å²) < 4.78 is 5.69. The van der Waals surface area contributed by atoms with Gasteiger partial charge in [-0.1, -0.05) is 17.7 Å². The lowest BCUT2D eigenvalue weighted by Crippen LogP contribution is -1.99. The van der Waals surface area contributed by atoms with Gasteiger partial charge in [-0.05, 0) is 37.0 Å². The van der Waals surface area contributed by atoms with Gasteiger partial charge in [0.1, 0.15) is 11.4 Å². The number of aromatic carboxylic acids is 1. The van der Waals surface area contributed by atoms with Crippen LogP contribution in [-0.4, -0.2) is 27.9 Å². The molecule has 1 aromatic carbocycles. The first-order valence-corrected chi connectivity index (χ1v) is 6.72. The lowest BCUT2D eigenvalue weighted by atomic mass is 10.1. The minimum atomic E-state index is -1.04. The fraction of sp³-hybridized carbons (Fsp3) is 0.286. The zero-order valence-corrected chi connectivity index (χ0v) is 11.4. The van der Waals surface area contributed by atoms with E-state index in [1.54, 1.807) is 18.2 Å². The Balaban J connectivity index is 1.84. The normalized spacial score (nSPS) is 14.2. The molecule has 1 aliphatic rings. The third-order valence-corrected chi connectivity index (χ3v) is 3.52. The van der Waals surface area contributed by atoms with Crippen molar-refractivity contribution in [2.24, 2.45) is 5.92 Å². The largest absolute Gasteiger partial charge is 0.492 e. The Hall–Kier alpha value is -2.01. The van der Waals surface area contributed by atoms with Gasteiger partial charge in [-0.3, -0.25) is 5.10 Å². The molecule has 1 aliphatic carbocycles. The molecule has 2 aromatic rings. The van der Waals surface area contributed by atoms with E-state index in [0.717, 1.165) is 5.56 Å². The molecule has 0 unspecified atom stereocenters. The van der Waals surface area contributed by atoms with E-state index in [2.05, 4.69) is 10.2 Å². The first-order valence-electron chi connectivity index (χ1n) is 6.35. The van der Waals surface area contributed by atoms with Crippen molar-refractivity contribution in [1.82, 2.24) is 10.2 Å². The SMILES string of the molecule is O=C(O)c1cc(-c2ccc(Cl)c(OCC3CC3)c2)n[nH]1. The number of nitrogens with one attached hydrogen (secondary N) is 1. The van der Waals surface area contributed by atoms with Gasteiger partial charge < -0.3 is 9.84 Å². The van der Waals surface area contributed by atoms with Gasteiger partial charge in [-0.25, -0.2) is 4.79 Å². The molecular formula is C14H13ClN2O3. The summed E-state index contributed by atoms with van der Waals surface area (Å²) in [5, 5.41) is 15.9. The molecule has 2 N–H and O–H groups in total. The van der Waals surface area contributed by atoms with Crippen LogP contribution in [0.5, 0.6) is 5.75 Å². The molecule has 20 heavy (non-hydrogen) atoms. The van der Waals surface area contributed by atoms with E-state index in [9.17, 15) is 4.79 Å². The molecule has 0 bridgehead atoms. The van der Waals surface area contributed by atoms with Crippen LogP contribution in [0.25, 0.3) is 11.3 Å². The summed E-state index contributed by atoms with van der Waals surface area (Å²) in [6.07, 6.45) is 2.41. The standard InChI is InChI=1S/C14H13ClN2O3/c15-10-4-3-9(5-13(10)20-7-8-1-2-8)11-6-12(14(18)19)17-16-11/h3-6,8H,1-2,7H2,(H,16,17)(H,18,19). The monoisotopic (exact) mass is 292 g/mol. The average molecular weight is 293 g/mol. The van der Waals surface area contributed by atoms with Crippen LogP contribution in [0.3, 0.4) is 0 Å². The van der Waals surface area contributed by atoms with Crippen LogP contribution in [0.2, 0.25) is 5.02 Å². The second-order valence-corrected chi connectivity index (χ2v) is 5.28. The molecule has 1 heterocycles. The summed E-state index contributed by atoms with van der Waals surface area (Å²) in [4.78, 5) is 10.8. The fourth-order valence-electron chi connectivity index (χ4n) is 1.84. The van der Waals surface area contributed by atoms with E-state index < -0.39 is 5.97 Å². The van der Waals surface area contributed by atoms with E-state index in [1.807, 2.05) is 0 Å². The molecule has 104 valence electrons. The van der Waals surface area contributed by atoms with E-state index in [4.69, 9.17) is 21.4 Å². The minimum absolute atomic E-state index is 0.0513. The second-order valence-electron chi connectivity index (χ2n) is 4.87. The van der Waals surface area contributed by atoms with Crippen molar-refractivity contribution < 1.29 is 14.6 Å². The number of ether oxygens (including phenoxy) is 1. The van der Waals surface area contributed by atoms with Crippen LogP contribution in [-0.2, 0) is 0 Å². The number of carbonyl (C=O) groups is 1. The zero-order valence-electron chi connectivity index (χ0n) is 10.6. The van der Waals surface area contributed by atoms with Crippen LogP contribution in [0.1, 0.15) is 23.3 Å². The number of aromatic amines is 1. The summed E-state index contributed by atoms with van der Waals surface area (Å²) in [5.74, 6) is 0.206. The Morgan fingerprint density at radius 1 is 1.45 bits per heavy atom. The third kappa shape index (κ3) is 2.77. The fourth-order valence-corrected chi connectivity index (χ4v) is 2.02. The number of carboxylic acid groups (broad SMARTS) is 1. The number of hydrogen-bond acceptors (Lipinski definition) is 3. The Bertz CT molecular complexity index is 650. The molecule has 1 aromatic heterocycles. The highest BCUT2D eigenvalue weighted by Gasteiger charge is 2.22. The van der Waals surface area contributed by atoms with Gasteiger partial charge in [0.05, 0.1) is 17.3 Å².